The number of carboxylic acid groups (broad SMARTS) is 1. The molecule has 3 aliphatic rings. The summed E-state index contributed by atoms with van der Waals surface area (Å²) >= 11 is 0. The fourth-order valence-electron chi connectivity index (χ4n) is 9.01. The molecule has 0 radical (unpaired) electrons. The van der Waals surface area contributed by atoms with Gasteiger partial charge in [0, 0.05) is 37.2 Å². The van der Waals surface area contributed by atoms with Gasteiger partial charge < -0.3 is 52.0 Å². The summed E-state index contributed by atoms with van der Waals surface area (Å²) in [5.74, 6) is 0.467. The van der Waals surface area contributed by atoms with Crippen LogP contribution in [0.15, 0.2) is 77.5 Å². The fraction of sp³-hybridized carbons (Fsp3) is 0.476. The minimum Gasteiger partial charge on any atom is -0.478 e. The molecule has 1 aromatic heterocycles. The summed E-state index contributed by atoms with van der Waals surface area (Å²) in [6.45, 7) is 0.499. The summed E-state index contributed by atoms with van der Waals surface area (Å²) in [6, 6.07) is 13.9. The van der Waals surface area contributed by atoms with E-state index in [1.807, 2.05) is 24.4 Å². The number of aldehydes is 2. The van der Waals surface area contributed by atoms with Crippen molar-refractivity contribution in [1.29, 1.82) is 0 Å². The molecular formula is C42H54N6O6. The van der Waals surface area contributed by atoms with Crippen LogP contribution < -0.4 is 22.1 Å². The first-order valence-electron chi connectivity index (χ1n) is 19.3. The number of nitrogens with one attached hydrogen (secondary N) is 3. The van der Waals surface area contributed by atoms with E-state index >= 15 is 0 Å². The van der Waals surface area contributed by atoms with Gasteiger partial charge in [-0.1, -0.05) is 42.5 Å². The molecule has 2 heterocycles. The summed E-state index contributed by atoms with van der Waals surface area (Å²) in [6.07, 6.45) is 14.2. The molecule has 1 aliphatic heterocycles. The molecule has 12 nitrogen and oxygen atoms in total. The SMILES string of the molecule is NC1=NCC[C@H](/C(=C\C(=O)O)[C@@H](C[C@@H]2[C@@H]3c4cc5cc(CC=O)ccc5cc4C[C@H]2C=C[C@@H]3CC[C@H](N)CC[C@H](C=O)CCC(O)O)Nc2ccc[nH]2)N1. The minimum atomic E-state index is -1.43. The lowest BCUT2D eigenvalue weighted by molar-refractivity contribution is -0.131. The molecule has 12 heteroatoms. The van der Waals surface area contributed by atoms with Crippen LogP contribution in [0.3, 0.4) is 0 Å². The van der Waals surface area contributed by atoms with Crippen molar-refractivity contribution in [2.24, 2.45) is 40.1 Å². The maximum Gasteiger partial charge on any atom is 0.328 e. The number of allylic oxidation sites excluding steroid dienone is 2. The summed E-state index contributed by atoms with van der Waals surface area (Å²) in [4.78, 5) is 43.0. The number of nitrogens with zero attached hydrogens (tertiary/aromatic N) is 1. The number of anilines is 1. The number of H-pyrrole nitrogens is 1. The van der Waals surface area contributed by atoms with Crippen LogP contribution in [-0.4, -0.2) is 75.8 Å². The lowest BCUT2D eigenvalue weighted by Crippen LogP contribution is -2.49. The molecule has 288 valence electrons. The van der Waals surface area contributed by atoms with E-state index in [2.05, 4.69) is 57.0 Å². The Morgan fingerprint density at radius 1 is 1.04 bits per heavy atom. The van der Waals surface area contributed by atoms with E-state index < -0.39 is 12.3 Å². The molecule has 3 aromatic rings. The number of aliphatic carboxylic acids is 1. The second-order valence-corrected chi connectivity index (χ2v) is 15.3. The predicted octanol–water partition coefficient (Wildman–Crippen LogP) is 4.32. The Morgan fingerprint density at radius 3 is 2.59 bits per heavy atom. The topological polar surface area (TPSA) is 216 Å². The first-order valence-corrected chi connectivity index (χ1v) is 19.3. The summed E-state index contributed by atoms with van der Waals surface area (Å²) in [5, 5.41) is 37.8. The number of aromatic amines is 1. The van der Waals surface area contributed by atoms with E-state index in [-0.39, 0.29) is 54.1 Å². The van der Waals surface area contributed by atoms with Gasteiger partial charge in [-0.3, -0.25) is 4.99 Å². The Morgan fingerprint density at radius 2 is 1.87 bits per heavy atom. The summed E-state index contributed by atoms with van der Waals surface area (Å²) in [5.41, 5.74) is 17.1. The third kappa shape index (κ3) is 9.65. The highest BCUT2D eigenvalue weighted by Crippen LogP contribution is 2.52. The number of aliphatic hydroxyl groups excluding tert-OH is 1. The third-order valence-electron chi connectivity index (χ3n) is 11.7. The van der Waals surface area contributed by atoms with Crippen molar-refractivity contribution in [3.8, 4) is 0 Å². The van der Waals surface area contributed by atoms with Crippen LogP contribution in [0, 0.1) is 23.7 Å². The minimum absolute atomic E-state index is 0.119. The van der Waals surface area contributed by atoms with E-state index in [9.17, 15) is 29.7 Å². The number of carbonyl (C=O) groups excluding carboxylic acids is 2. The van der Waals surface area contributed by atoms with Gasteiger partial charge in [-0.25, -0.2) is 4.79 Å². The Hall–Kier alpha value is -4.78. The van der Waals surface area contributed by atoms with Crippen LogP contribution in [0.4, 0.5) is 5.82 Å². The highest BCUT2D eigenvalue weighted by atomic mass is 16.5. The number of benzene rings is 2. The van der Waals surface area contributed by atoms with Crippen molar-refractivity contribution in [1.82, 2.24) is 10.3 Å². The molecule has 10 N–H and O–H groups in total. The normalized spacial score (nSPS) is 23.9. The number of hydrogen-bond donors (Lipinski definition) is 8. The van der Waals surface area contributed by atoms with E-state index in [1.54, 1.807) is 0 Å². The average Bonchev–Trinajstić information content (AvgIpc) is 3.66. The molecule has 0 saturated heterocycles. The third-order valence-corrected chi connectivity index (χ3v) is 11.7. The zero-order valence-corrected chi connectivity index (χ0v) is 30.6. The molecular weight excluding hydrogens is 684 g/mol. The Balaban J connectivity index is 1.33. The molecule has 2 aliphatic carbocycles. The van der Waals surface area contributed by atoms with Gasteiger partial charge in [0.2, 0.25) is 0 Å². The van der Waals surface area contributed by atoms with Crippen LogP contribution in [0.1, 0.15) is 74.0 Å². The number of aliphatic hydroxyl groups is 2. The number of carbonyl (C=O) groups is 3. The van der Waals surface area contributed by atoms with Crippen molar-refractivity contribution >= 4 is 41.1 Å². The highest BCUT2D eigenvalue weighted by Gasteiger charge is 2.44. The van der Waals surface area contributed by atoms with Crippen molar-refractivity contribution < 1.29 is 29.7 Å². The molecule has 0 fully saturated rings. The summed E-state index contributed by atoms with van der Waals surface area (Å²) in [7, 11) is 0. The quantitative estimate of drug-likeness (QED) is 0.0377. The number of hydrogen-bond acceptors (Lipinski definition) is 10. The molecule has 0 saturated carbocycles. The van der Waals surface area contributed by atoms with Crippen molar-refractivity contribution in [3.63, 3.8) is 0 Å². The first-order chi connectivity index (χ1) is 26.1. The van der Waals surface area contributed by atoms with Crippen molar-refractivity contribution in [2.75, 3.05) is 11.9 Å². The zero-order chi connectivity index (χ0) is 38.2. The van der Waals surface area contributed by atoms with Gasteiger partial charge >= 0.3 is 5.97 Å². The van der Waals surface area contributed by atoms with Gasteiger partial charge in [0.05, 0.1) is 12.1 Å². The number of fused-ring (bicyclic) bond motifs is 5. The van der Waals surface area contributed by atoms with Gasteiger partial charge in [-0.15, -0.1) is 0 Å². The van der Waals surface area contributed by atoms with Gasteiger partial charge in [-0.05, 0) is 127 Å². The van der Waals surface area contributed by atoms with E-state index in [1.165, 1.54) is 17.2 Å². The molecule has 2 bridgehead atoms. The molecule has 6 rings (SSSR count). The maximum atomic E-state index is 12.4. The number of guanidine groups is 1. The number of aliphatic imine (C=N–C) groups is 1. The lowest BCUT2D eigenvalue weighted by Gasteiger charge is -2.47. The maximum absolute atomic E-state index is 12.4. The monoisotopic (exact) mass is 738 g/mol. The fourth-order valence-corrected chi connectivity index (χ4v) is 9.01. The van der Waals surface area contributed by atoms with Crippen LogP contribution >= 0.6 is 0 Å². The number of rotatable bonds is 19. The largest absolute Gasteiger partial charge is 0.478 e. The van der Waals surface area contributed by atoms with Crippen molar-refractivity contribution in [2.45, 2.75) is 94.5 Å². The van der Waals surface area contributed by atoms with Crippen LogP contribution in [0.5, 0.6) is 0 Å². The lowest BCUT2D eigenvalue weighted by atomic mass is 9.58. The Bertz CT molecular complexity index is 1850. The highest BCUT2D eigenvalue weighted by molar-refractivity contribution is 5.86. The molecule has 0 spiro atoms. The summed E-state index contributed by atoms with van der Waals surface area (Å²) < 4.78 is 0. The van der Waals surface area contributed by atoms with Gasteiger partial charge in [0.25, 0.3) is 0 Å². The van der Waals surface area contributed by atoms with Crippen LogP contribution in [0.25, 0.3) is 10.8 Å². The average molecular weight is 739 g/mol. The predicted molar refractivity (Wildman–Crippen MR) is 210 cm³/mol. The molecule has 0 unspecified atom stereocenters. The molecule has 54 heavy (non-hydrogen) atoms. The standard InChI is InChI=1S/C42H54N6O6/c43-32(10-4-26(24-50)5-12-39(51)52)11-9-27-7-8-29-20-31-19-28-6-3-25(14-17-49)18-30(28)21-33(31)41(27)34(29)22-37(47-38-2-1-15-45-38)35(23-40(53)54)36-13-16-46-42(44)48-36/h1-3,6-8,15,17-19,21,23-24,26-27,29,32,34,36-37,39,41,45,47,51-52H,4-5,9-14,16,20,22,43H2,(H,53,54)(H3,44,46,48)/b35-23+/t26-,27+,29+,32+,34-,36+,37+,41-/m0/s1. The van der Waals surface area contributed by atoms with Gasteiger partial charge in [0.1, 0.15) is 18.4 Å². The van der Waals surface area contributed by atoms with E-state index in [0.717, 1.165) is 59.6 Å². The molecule has 0 amide bonds. The molecule has 2 aromatic carbocycles. The number of aromatic nitrogens is 1. The molecule has 8 atom stereocenters. The van der Waals surface area contributed by atoms with Crippen LogP contribution in [-0.2, 0) is 27.2 Å². The van der Waals surface area contributed by atoms with Gasteiger partial charge in [-0.2, -0.15) is 0 Å². The Labute approximate surface area is 316 Å². The van der Waals surface area contributed by atoms with E-state index in [4.69, 9.17) is 11.5 Å². The second kappa shape index (κ2) is 18.0. The zero-order valence-electron chi connectivity index (χ0n) is 30.6. The Kier molecular flexibility index (Phi) is 13.0. The number of nitrogens with two attached hydrogens (primary N) is 2. The van der Waals surface area contributed by atoms with Crippen LogP contribution in [0.2, 0.25) is 0 Å². The van der Waals surface area contributed by atoms with Gasteiger partial charge in [0.15, 0.2) is 12.2 Å². The van der Waals surface area contributed by atoms with E-state index in [0.29, 0.717) is 51.0 Å². The first kappa shape index (κ1) is 38.9. The van der Waals surface area contributed by atoms with Crippen molar-refractivity contribution in [3.05, 3.63) is 89.2 Å². The number of carboxylic acids is 1. The second-order valence-electron chi connectivity index (χ2n) is 15.3. The smallest absolute Gasteiger partial charge is 0.328 e.